The monoisotopic (exact) mass is 265 g/mol. The number of fused-ring (bicyclic) bond motifs is 3. The Bertz CT molecular complexity index is 653. The highest BCUT2D eigenvalue weighted by molar-refractivity contribution is 5.97. The minimum atomic E-state index is 0.106. The lowest BCUT2D eigenvalue weighted by Crippen LogP contribution is -2.32. The SMILES string of the molecule is O=C1C[C@H]2COc3ccccc3[C@H]2N1c1ccccc1. The Labute approximate surface area is 117 Å². The van der Waals surface area contributed by atoms with Gasteiger partial charge in [-0.2, -0.15) is 0 Å². The number of benzene rings is 2. The third kappa shape index (κ3) is 1.63. The highest BCUT2D eigenvalue weighted by Gasteiger charge is 2.45. The van der Waals surface area contributed by atoms with Crippen LogP contribution < -0.4 is 9.64 Å². The maximum Gasteiger partial charge on any atom is 0.228 e. The normalized spacial score (nSPS) is 24.0. The van der Waals surface area contributed by atoms with E-state index in [1.54, 1.807) is 0 Å². The molecule has 2 atom stereocenters. The lowest BCUT2D eigenvalue weighted by molar-refractivity contribution is -0.117. The van der Waals surface area contributed by atoms with Crippen LogP contribution in [0.5, 0.6) is 5.75 Å². The van der Waals surface area contributed by atoms with Crippen LogP contribution in [0.2, 0.25) is 0 Å². The van der Waals surface area contributed by atoms with Crippen molar-refractivity contribution in [1.29, 1.82) is 0 Å². The minimum Gasteiger partial charge on any atom is -0.493 e. The second-order valence-corrected chi connectivity index (χ2v) is 5.36. The molecule has 2 aliphatic rings. The van der Waals surface area contributed by atoms with Crippen molar-refractivity contribution in [1.82, 2.24) is 0 Å². The van der Waals surface area contributed by atoms with E-state index in [9.17, 15) is 4.79 Å². The van der Waals surface area contributed by atoms with Crippen LogP contribution in [0.25, 0.3) is 0 Å². The first-order chi connectivity index (χ1) is 9.84. The number of hydrogen-bond acceptors (Lipinski definition) is 2. The number of nitrogens with zero attached hydrogens (tertiary/aromatic N) is 1. The molecule has 0 radical (unpaired) electrons. The van der Waals surface area contributed by atoms with Crippen LogP contribution >= 0.6 is 0 Å². The average molecular weight is 265 g/mol. The highest BCUT2D eigenvalue weighted by atomic mass is 16.5. The summed E-state index contributed by atoms with van der Waals surface area (Å²) in [4.78, 5) is 14.4. The molecule has 20 heavy (non-hydrogen) atoms. The molecule has 1 fully saturated rings. The van der Waals surface area contributed by atoms with Gasteiger partial charge in [-0.1, -0.05) is 36.4 Å². The molecule has 0 aliphatic carbocycles. The van der Waals surface area contributed by atoms with E-state index in [4.69, 9.17) is 4.74 Å². The molecule has 0 bridgehead atoms. The van der Waals surface area contributed by atoms with Gasteiger partial charge in [0.1, 0.15) is 5.75 Å². The summed E-state index contributed by atoms with van der Waals surface area (Å²) in [5, 5.41) is 0. The maximum atomic E-state index is 12.4. The summed E-state index contributed by atoms with van der Waals surface area (Å²) in [5.74, 6) is 1.34. The van der Waals surface area contributed by atoms with Gasteiger partial charge in [-0.15, -0.1) is 0 Å². The second kappa shape index (κ2) is 4.37. The molecule has 2 aromatic carbocycles. The average Bonchev–Trinajstić information content (AvgIpc) is 2.84. The topological polar surface area (TPSA) is 29.5 Å². The third-order valence-corrected chi connectivity index (χ3v) is 4.16. The lowest BCUT2D eigenvalue weighted by Gasteiger charge is -2.33. The largest absolute Gasteiger partial charge is 0.493 e. The molecule has 2 aliphatic heterocycles. The second-order valence-electron chi connectivity index (χ2n) is 5.36. The summed E-state index contributed by atoms with van der Waals surface area (Å²) < 4.78 is 5.79. The molecule has 100 valence electrons. The first-order valence-corrected chi connectivity index (χ1v) is 6.93. The van der Waals surface area contributed by atoms with Crippen molar-refractivity contribution in [2.45, 2.75) is 12.5 Å². The van der Waals surface area contributed by atoms with Crippen molar-refractivity contribution >= 4 is 11.6 Å². The fourth-order valence-electron chi connectivity index (χ4n) is 3.29. The molecule has 1 amide bonds. The van der Waals surface area contributed by atoms with E-state index in [1.807, 2.05) is 53.4 Å². The molecule has 3 nitrogen and oxygen atoms in total. The fourth-order valence-corrected chi connectivity index (χ4v) is 3.29. The molecule has 0 aromatic heterocycles. The van der Waals surface area contributed by atoms with Crippen LogP contribution in [0.4, 0.5) is 5.69 Å². The van der Waals surface area contributed by atoms with Gasteiger partial charge in [-0.3, -0.25) is 4.79 Å². The van der Waals surface area contributed by atoms with Crippen molar-refractivity contribution in [3.63, 3.8) is 0 Å². The lowest BCUT2D eigenvalue weighted by atomic mass is 9.91. The Morgan fingerprint density at radius 1 is 1.00 bits per heavy atom. The molecule has 2 heterocycles. The van der Waals surface area contributed by atoms with Gasteiger partial charge in [0, 0.05) is 23.6 Å². The first kappa shape index (κ1) is 11.5. The summed E-state index contributed by atoms with van der Waals surface area (Å²) in [6.07, 6.45) is 0.563. The zero-order valence-corrected chi connectivity index (χ0v) is 11.0. The van der Waals surface area contributed by atoms with E-state index in [0.717, 1.165) is 17.0 Å². The van der Waals surface area contributed by atoms with E-state index in [0.29, 0.717) is 13.0 Å². The van der Waals surface area contributed by atoms with Crippen molar-refractivity contribution in [3.8, 4) is 5.75 Å². The molecular weight excluding hydrogens is 250 g/mol. The highest BCUT2D eigenvalue weighted by Crippen LogP contribution is 2.46. The summed E-state index contributed by atoms with van der Waals surface area (Å²) in [5.41, 5.74) is 2.10. The van der Waals surface area contributed by atoms with Crippen LogP contribution in [0.15, 0.2) is 54.6 Å². The number of anilines is 1. The molecule has 2 aromatic rings. The van der Waals surface area contributed by atoms with E-state index in [-0.39, 0.29) is 17.9 Å². The Balaban J connectivity index is 1.83. The Morgan fingerprint density at radius 2 is 1.75 bits per heavy atom. The Hall–Kier alpha value is -2.29. The maximum absolute atomic E-state index is 12.4. The first-order valence-electron chi connectivity index (χ1n) is 6.93. The van der Waals surface area contributed by atoms with Gasteiger partial charge in [-0.05, 0) is 18.2 Å². The summed E-state index contributed by atoms with van der Waals surface area (Å²) in [6, 6.07) is 18.1. The van der Waals surface area contributed by atoms with Crippen molar-refractivity contribution in [3.05, 3.63) is 60.2 Å². The van der Waals surface area contributed by atoms with Crippen molar-refractivity contribution in [2.24, 2.45) is 5.92 Å². The zero-order valence-electron chi connectivity index (χ0n) is 11.0. The quantitative estimate of drug-likeness (QED) is 0.792. The number of para-hydroxylation sites is 2. The minimum absolute atomic E-state index is 0.106. The van der Waals surface area contributed by atoms with Crippen molar-refractivity contribution < 1.29 is 9.53 Å². The van der Waals surface area contributed by atoms with E-state index >= 15 is 0 Å². The summed E-state index contributed by atoms with van der Waals surface area (Å²) in [6.45, 7) is 0.622. The van der Waals surface area contributed by atoms with Gasteiger partial charge in [0.15, 0.2) is 0 Å². The summed E-state index contributed by atoms with van der Waals surface area (Å²) >= 11 is 0. The van der Waals surface area contributed by atoms with Gasteiger partial charge in [0.05, 0.1) is 12.6 Å². The fraction of sp³-hybridized carbons (Fsp3) is 0.235. The molecule has 0 unspecified atom stereocenters. The van der Waals surface area contributed by atoms with E-state index in [1.165, 1.54) is 0 Å². The van der Waals surface area contributed by atoms with Crippen LogP contribution in [-0.4, -0.2) is 12.5 Å². The van der Waals surface area contributed by atoms with E-state index in [2.05, 4.69) is 6.07 Å². The molecule has 0 spiro atoms. The molecule has 0 saturated carbocycles. The van der Waals surface area contributed by atoms with Gasteiger partial charge >= 0.3 is 0 Å². The molecule has 4 rings (SSSR count). The molecule has 3 heteroatoms. The Morgan fingerprint density at radius 3 is 2.60 bits per heavy atom. The summed E-state index contributed by atoms with van der Waals surface area (Å²) in [7, 11) is 0. The number of carbonyl (C=O) groups is 1. The van der Waals surface area contributed by atoms with Crippen molar-refractivity contribution in [2.75, 3.05) is 11.5 Å². The van der Waals surface area contributed by atoms with Gasteiger partial charge in [0.25, 0.3) is 0 Å². The number of ether oxygens (including phenoxy) is 1. The number of carbonyl (C=O) groups excluding carboxylic acids is 1. The predicted molar refractivity (Wildman–Crippen MR) is 76.7 cm³/mol. The number of rotatable bonds is 1. The zero-order chi connectivity index (χ0) is 13.5. The number of amides is 1. The predicted octanol–water partition coefficient (Wildman–Crippen LogP) is 3.17. The van der Waals surface area contributed by atoms with Crippen LogP contribution in [0, 0.1) is 5.92 Å². The van der Waals surface area contributed by atoms with Gasteiger partial charge in [-0.25, -0.2) is 0 Å². The number of hydrogen-bond donors (Lipinski definition) is 0. The Kier molecular flexibility index (Phi) is 2.52. The molecular formula is C17H15NO2. The van der Waals surface area contributed by atoms with Crippen LogP contribution in [-0.2, 0) is 4.79 Å². The van der Waals surface area contributed by atoms with Gasteiger partial charge in [0.2, 0.25) is 5.91 Å². The molecule has 0 N–H and O–H groups in total. The van der Waals surface area contributed by atoms with Crippen LogP contribution in [0.3, 0.4) is 0 Å². The standard InChI is InChI=1S/C17H15NO2/c19-16-10-12-11-20-15-9-5-4-8-14(15)17(12)18(16)13-6-2-1-3-7-13/h1-9,12,17H,10-11H2/t12-,17-/m0/s1. The van der Waals surface area contributed by atoms with Gasteiger partial charge < -0.3 is 9.64 Å². The van der Waals surface area contributed by atoms with Crippen LogP contribution in [0.1, 0.15) is 18.0 Å². The molecule has 1 saturated heterocycles. The smallest absolute Gasteiger partial charge is 0.228 e. The third-order valence-electron chi connectivity index (χ3n) is 4.16. The van der Waals surface area contributed by atoms with E-state index < -0.39 is 0 Å².